The van der Waals surface area contributed by atoms with Gasteiger partial charge in [0.15, 0.2) is 0 Å². The zero-order chi connectivity index (χ0) is 14.7. The number of nitrogens with one attached hydrogen (secondary N) is 1. The van der Waals surface area contributed by atoms with Gasteiger partial charge in [-0.25, -0.2) is 0 Å². The Labute approximate surface area is 121 Å². The largest absolute Gasteiger partial charge is 0.394 e. The van der Waals surface area contributed by atoms with E-state index in [-0.39, 0.29) is 0 Å². The molecule has 0 spiro atoms. The van der Waals surface area contributed by atoms with Gasteiger partial charge in [0.25, 0.3) is 0 Å². The maximum absolute atomic E-state index is 6.19. The standard InChI is InChI=1S/C16H24N4/c1-5-12-8-6-7-9-13(12)10-18-16-14(17)15(11(2)3)19-20(16)4/h6-9,11,18H,5,10,17H2,1-4H3. The third-order valence-electron chi connectivity index (χ3n) is 3.60. The Bertz CT molecular complexity index is 584. The number of aryl methyl sites for hydroxylation is 2. The van der Waals surface area contributed by atoms with Gasteiger partial charge in [-0.1, -0.05) is 45.0 Å². The third kappa shape index (κ3) is 2.79. The minimum Gasteiger partial charge on any atom is -0.394 e. The summed E-state index contributed by atoms with van der Waals surface area (Å²) in [4.78, 5) is 0. The Morgan fingerprint density at radius 1 is 1.25 bits per heavy atom. The summed E-state index contributed by atoms with van der Waals surface area (Å²) in [5.74, 6) is 1.24. The van der Waals surface area contributed by atoms with E-state index in [1.54, 1.807) is 0 Å². The summed E-state index contributed by atoms with van der Waals surface area (Å²) in [7, 11) is 1.93. The topological polar surface area (TPSA) is 55.9 Å². The summed E-state index contributed by atoms with van der Waals surface area (Å²) >= 11 is 0. The molecular weight excluding hydrogens is 248 g/mol. The van der Waals surface area contributed by atoms with Crippen LogP contribution in [0.3, 0.4) is 0 Å². The van der Waals surface area contributed by atoms with E-state index < -0.39 is 0 Å². The number of hydrogen-bond donors (Lipinski definition) is 2. The van der Waals surface area contributed by atoms with Crippen molar-refractivity contribution in [2.24, 2.45) is 7.05 Å². The van der Waals surface area contributed by atoms with Gasteiger partial charge in [-0.2, -0.15) is 5.10 Å². The second kappa shape index (κ2) is 5.99. The molecule has 0 saturated carbocycles. The highest BCUT2D eigenvalue weighted by molar-refractivity contribution is 5.65. The number of benzene rings is 1. The van der Waals surface area contributed by atoms with E-state index >= 15 is 0 Å². The van der Waals surface area contributed by atoms with E-state index in [1.165, 1.54) is 11.1 Å². The van der Waals surface area contributed by atoms with Crippen molar-refractivity contribution in [2.45, 2.75) is 39.7 Å². The van der Waals surface area contributed by atoms with Crippen molar-refractivity contribution in [3.63, 3.8) is 0 Å². The van der Waals surface area contributed by atoms with Gasteiger partial charge in [0.2, 0.25) is 0 Å². The van der Waals surface area contributed by atoms with Gasteiger partial charge < -0.3 is 11.1 Å². The first-order valence-corrected chi connectivity index (χ1v) is 7.17. The number of nitrogen functional groups attached to an aromatic ring is 1. The van der Waals surface area contributed by atoms with Crippen LogP contribution in [0.4, 0.5) is 11.5 Å². The van der Waals surface area contributed by atoms with Crippen LogP contribution in [0.2, 0.25) is 0 Å². The minimum absolute atomic E-state index is 0.333. The molecule has 108 valence electrons. The average Bonchev–Trinajstić information content (AvgIpc) is 2.72. The molecule has 2 aromatic rings. The van der Waals surface area contributed by atoms with Crippen LogP contribution < -0.4 is 11.1 Å². The third-order valence-corrected chi connectivity index (χ3v) is 3.60. The summed E-state index contributed by atoms with van der Waals surface area (Å²) in [6.45, 7) is 7.16. The SMILES string of the molecule is CCc1ccccc1CNc1c(N)c(C(C)C)nn1C. The maximum atomic E-state index is 6.19. The summed E-state index contributed by atoms with van der Waals surface area (Å²) in [6.07, 6.45) is 1.04. The van der Waals surface area contributed by atoms with Gasteiger partial charge in [0.05, 0.1) is 11.4 Å². The van der Waals surface area contributed by atoms with Crippen LogP contribution in [-0.4, -0.2) is 9.78 Å². The number of rotatable bonds is 5. The Morgan fingerprint density at radius 2 is 1.90 bits per heavy atom. The van der Waals surface area contributed by atoms with Gasteiger partial charge in [0, 0.05) is 13.6 Å². The van der Waals surface area contributed by atoms with Crippen LogP contribution in [0.25, 0.3) is 0 Å². The molecule has 0 fully saturated rings. The molecule has 0 unspecified atom stereocenters. The molecule has 0 aliphatic heterocycles. The molecular formula is C16H24N4. The first-order chi connectivity index (χ1) is 9.54. The Kier molecular flexibility index (Phi) is 4.32. The van der Waals surface area contributed by atoms with E-state index in [0.717, 1.165) is 30.2 Å². The quantitative estimate of drug-likeness (QED) is 0.878. The maximum Gasteiger partial charge on any atom is 0.148 e. The fourth-order valence-corrected chi connectivity index (χ4v) is 2.45. The Balaban J connectivity index is 2.19. The van der Waals surface area contributed by atoms with Crippen molar-refractivity contribution < 1.29 is 0 Å². The molecule has 0 amide bonds. The minimum atomic E-state index is 0.333. The molecule has 0 aliphatic rings. The van der Waals surface area contributed by atoms with E-state index in [1.807, 2.05) is 11.7 Å². The molecule has 0 saturated heterocycles. The molecule has 1 aromatic heterocycles. The van der Waals surface area contributed by atoms with Gasteiger partial charge in [0.1, 0.15) is 5.82 Å². The van der Waals surface area contributed by atoms with Crippen molar-refractivity contribution in [1.29, 1.82) is 0 Å². The first kappa shape index (κ1) is 14.4. The molecule has 20 heavy (non-hydrogen) atoms. The smallest absolute Gasteiger partial charge is 0.148 e. The molecule has 2 rings (SSSR count). The average molecular weight is 272 g/mol. The molecule has 0 radical (unpaired) electrons. The first-order valence-electron chi connectivity index (χ1n) is 7.17. The molecule has 0 atom stereocenters. The second-order valence-electron chi connectivity index (χ2n) is 5.40. The highest BCUT2D eigenvalue weighted by atomic mass is 15.3. The lowest BCUT2D eigenvalue weighted by molar-refractivity contribution is 0.715. The Hall–Kier alpha value is -1.97. The zero-order valence-electron chi connectivity index (χ0n) is 12.8. The molecule has 4 nitrogen and oxygen atoms in total. The van der Waals surface area contributed by atoms with Crippen molar-refractivity contribution in [3.8, 4) is 0 Å². The molecule has 1 aromatic carbocycles. The summed E-state index contributed by atoms with van der Waals surface area (Å²) < 4.78 is 1.83. The van der Waals surface area contributed by atoms with E-state index in [9.17, 15) is 0 Å². The molecule has 1 heterocycles. The lowest BCUT2D eigenvalue weighted by atomic mass is 10.1. The zero-order valence-corrected chi connectivity index (χ0v) is 12.8. The molecule has 4 heteroatoms. The van der Waals surface area contributed by atoms with Crippen LogP contribution in [0, 0.1) is 0 Å². The fraction of sp³-hybridized carbons (Fsp3) is 0.438. The number of anilines is 2. The van der Waals surface area contributed by atoms with E-state index in [0.29, 0.717) is 5.92 Å². The fourth-order valence-electron chi connectivity index (χ4n) is 2.45. The molecule has 3 N–H and O–H groups in total. The predicted molar refractivity (Wildman–Crippen MR) is 84.9 cm³/mol. The lowest BCUT2D eigenvalue weighted by Gasteiger charge is -2.11. The van der Waals surface area contributed by atoms with Crippen LogP contribution in [0.5, 0.6) is 0 Å². The van der Waals surface area contributed by atoms with Crippen LogP contribution in [-0.2, 0) is 20.0 Å². The summed E-state index contributed by atoms with van der Waals surface area (Å²) in [5.41, 5.74) is 10.6. The normalized spacial score (nSPS) is 11.1. The highest BCUT2D eigenvalue weighted by Crippen LogP contribution is 2.28. The monoisotopic (exact) mass is 272 g/mol. The summed E-state index contributed by atoms with van der Waals surface area (Å²) in [5, 5.41) is 7.92. The van der Waals surface area contributed by atoms with Crippen molar-refractivity contribution in [1.82, 2.24) is 9.78 Å². The second-order valence-corrected chi connectivity index (χ2v) is 5.40. The van der Waals surface area contributed by atoms with Crippen molar-refractivity contribution in [3.05, 3.63) is 41.1 Å². The van der Waals surface area contributed by atoms with E-state index in [2.05, 4.69) is 55.5 Å². The van der Waals surface area contributed by atoms with Crippen LogP contribution in [0.1, 0.15) is 43.5 Å². The van der Waals surface area contributed by atoms with Gasteiger partial charge in [-0.05, 0) is 23.5 Å². The van der Waals surface area contributed by atoms with E-state index in [4.69, 9.17) is 5.73 Å². The summed E-state index contributed by atoms with van der Waals surface area (Å²) in [6, 6.07) is 8.48. The van der Waals surface area contributed by atoms with Crippen molar-refractivity contribution in [2.75, 3.05) is 11.1 Å². The van der Waals surface area contributed by atoms with Crippen LogP contribution >= 0.6 is 0 Å². The number of nitrogens with zero attached hydrogens (tertiary/aromatic N) is 2. The molecule has 0 bridgehead atoms. The number of hydrogen-bond acceptors (Lipinski definition) is 3. The number of nitrogens with two attached hydrogens (primary N) is 1. The van der Waals surface area contributed by atoms with Gasteiger partial charge in [-0.3, -0.25) is 4.68 Å². The highest BCUT2D eigenvalue weighted by Gasteiger charge is 2.15. The lowest BCUT2D eigenvalue weighted by Crippen LogP contribution is -2.07. The van der Waals surface area contributed by atoms with Gasteiger partial charge >= 0.3 is 0 Å². The molecule has 0 aliphatic carbocycles. The van der Waals surface area contributed by atoms with Gasteiger partial charge in [-0.15, -0.1) is 0 Å². The van der Waals surface area contributed by atoms with Crippen LogP contribution in [0.15, 0.2) is 24.3 Å². The predicted octanol–water partition coefficient (Wildman–Crippen LogP) is 3.30. The number of aromatic nitrogens is 2. The Morgan fingerprint density at radius 3 is 2.45 bits per heavy atom. The van der Waals surface area contributed by atoms with Crippen molar-refractivity contribution >= 4 is 11.5 Å².